The van der Waals surface area contributed by atoms with Crippen molar-refractivity contribution < 1.29 is 9.90 Å². The molecule has 1 aliphatic heterocycles. The van der Waals surface area contributed by atoms with Crippen molar-refractivity contribution in [1.29, 1.82) is 5.26 Å². The quantitative estimate of drug-likeness (QED) is 0.722. The third-order valence-corrected chi connectivity index (χ3v) is 6.53. The summed E-state index contributed by atoms with van der Waals surface area (Å²) in [5.41, 5.74) is 1.22. The number of anilines is 2. The van der Waals surface area contributed by atoms with Crippen LogP contribution in [0.15, 0.2) is 30.3 Å². The average molecular weight is 384 g/mol. The molecular weight excluding hydrogens is 368 g/mol. The Morgan fingerprint density at radius 1 is 1.27 bits per heavy atom. The normalized spacial score (nSPS) is 15.2. The predicted octanol–water partition coefficient (Wildman–Crippen LogP) is 3.44. The van der Waals surface area contributed by atoms with Gasteiger partial charge in [-0.25, -0.2) is 4.98 Å². The molecule has 0 unspecified atom stereocenters. The molecule has 26 heavy (non-hydrogen) atoms. The molecule has 1 saturated heterocycles. The van der Waals surface area contributed by atoms with E-state index in [-0.39, 0.29) is 12.0 Å². The van der Waals surface area contributed by atoms with Gasteiger partial charge >= 0.3 is 0 Å². The van der Waals surface area contributed by atoms with E-state index in [9.17, 15) is 9.90 Å². The molecule has 8 heteroatoms. The zero-order valence-corrected chi connectivity index (χ0v) is 15.4. The van der Waals surface area contributed by atoms with Crippen molar-refractivity contribution in [2.24, 2.45) is 0 Å². The topological polar surface area (TPSA) is 89.2 Å². The number of aliphatic hydroxyl groups is 1. The van der Waals surface area contributed by atoms with Gasteiger partial charge < -0.3 is 15.3 Å². The third kappa shape index (κ3) is 3.42. The highest BCUT2D eigenvalue weighted by molar-refractivity contribution is 7.29. The number of amides is 1. The second kappa shape index (κ2) is 7.03. The summed E-state index contributed by atoms with van der Waals surface area (Å²) < 4.78 is 1.00. The third-order valence-electron chi connectivity index (χ3n) is 4.31. The van der Waals surface area contributed by atoms with E-state index >= 15 is 0 Å². The molecule has 2 N–H and O–H groups in total. The average Bonchev–Trinajstić information content (AvgIpc) is 3.22. The molecular formula is C18H16N4O2S2. The second-order valence-corrected chi connectivity index (χ2v) is 8.18. The Morgan fingerprint density at radius 2 is 2.00 bits per heavy atom. The molecule has 1 amide bonds. The van der Waals surface area contributed by atoms with Crippen LogP contribution in [0.4, 0.5) is 10.8 Å². The van der Waals surface area contributed by atoms with Gasteiger partial charge in [0, 0.05) is 18.8 Å². The molecule has 0 radical (unpaired) electrons. The monoisotopic (exact) mass is 384 g/mol. The van der Waals surface area contributed by atoms with Gasteiger partial charge in [-0.3, -0.25) is 4.79 Å². The van der Waals surface area contributed by atoms with Gasteiger partial charge in [-0.2, -0.15) is 5.26 Å². The number of piperidine rings is 1. The van der Waals surface area contributed by atoms with Crippen molar-refractivity contribution >= 4 is 48.9 Å². The Balaban J connectivity index is 1.48. The number of nitrogens with zero attached hydrogens (tertiary/aromatic N) is 3. The van der Waals surface area contributed by atoms with E-state index in [1.165, 1.54) is 11.3 Å². The van der Waals surface area contributed by atoms with Crippen LogP contribution in [0.1, 0.15) is 28.1 Å². The number of aromatic nitrogens is 1. The molecule has 2 aromatic heterocycles. The Hall–Kier alpha value is -2.47. The fourth-order valence-corrected chi connectivity index (χ4v) is 5.01. The van der Waals surface area contributed by atoms with Crippen molar-refractivity contribution in [3.05, 3.63) is 40.8 Å². The molecule has 3 aromatic rings. The smallest absolute Gasteiger partial charge is 0.265 e. The molecule has 0 aliphatic carbocycles. The molecule has 0 bridgehead atoms. The molecule has 4 rings (SSSR count). The van der Waals surface area contributed by atoms with Gasteiger partial charge in [0.2, 0.25) is 0 Å². The van der Waals surface area contributed by atoms with Gasteiger partial charge in [-0.15, -0.1) is 11.3 Å². The van der Waals surface area contributed by atoms with Gasteiger partial charge in [0.25, 0.3) is 5.91 Å². The van der Waals surface area contributed by atoms with E-state index in [2.05, 4.69) is 21.3 Å². The van der Waals surface area contributed by atoms with Crippen LogP contribution in [0.2, 0.25) is 0 Å². The number of carbonyl (C=O) groups excluding carboxylic acids is 1. The van der Waals surface area contributed by atoms with Crippen LogP contribution in [0.25, 0.3) is 9.53 Å². The SMILES string of the molecule is N#Cc1ccc(NC(=O)c2cc3sc(N4CCC(O)CC4)nc3s2)cc1. The van der Waals surface area contributed by atoms with E-state index in [0.717, 1.165) is 40.6 Å². The molecule has 6 nitrogen and oxygen atoms in total. The maximum atomic E-state index is 12.4. The molecule has 1 fully saturated rings. The minimum absolute atomic E-state index is 0.174. The summed E-state index contributed by atoms with van der Waals surface area (Å²) in [6.07, 6.45) is 1.33. The van der Waals surface area contributed by atoms with E-state index in [1.54, 1.807) is 35.6 Å². The summed E-state index contributed by atoms with van der Waals surface area (Å²) in [5.74, 6) is -0.174. The second-order valence-electron chi connectivity index (χ2n) is 6.14. The Labute approximate surface area is 158 Å². The van der Waals surface area contributed by atoms with E-state index in [1.807, 2.05) is 6.07 Å². The first-order chi connectivity index (χ1) is 12.6. The van der Waals surface area contributed by atoms with E-state index in [4.69, 9.17) is 5.26 Å². The first-order valence-corrected chi connectivity index (χ1v) is 9.90. The number of hydrogen-bond donors (Lipinski definition) is 2. The maximum absolute atomic E-state index is 12.4. The lowest BCUT2D eigenvalue weighted by Gasteiger charge is -2.28. The summed E-state index contributed by atoms with van der Waals surface area (Å²) in [7, 11) is 0. The van der Waals surface area contributed by atoms with Gasteiger partial charge in [0.1, 0.15) is 4.83 Å². The highest BCUT2D eigenvalue weighted by Gasteiger charge is 2.21. The zero-order chi connectivity index (χ0) is 18.1. The van der Waals surface area contributed by atoms with Crippen LogP contribution in [0.5, 0.6) is 0 Å². The lowest BCUT2D eigenvalue weighted by molar-refractivity contribution is 0.103. The number of aliphatic hydroxyl groups excluding tert-OH is 1. The highest BCUT2D eigenvalue weighted by atomic mass is 32.1. The fraction of sp³-hybridized carbons (Fsp3) is 0.278. The van der Waals surface area contributed by atoms with Crippen LogP contribution in [0.3, 0.4) is 0 Å². The van der Waals surface area contributed by atoms with E-state index < -0.39 is 0 Å². The molecule has 0 spiro atoms. The van der Waals surface area contributed by atoms with Crippen LogP contribution >= 0.6 is 22.7 Å². The number of benzene rings is 1. The minimum atomic E-state index is -0.204. The lowest BCUT2D eigenvalue weighted by Crippen LogP contribution is -2.35. The van der Waals surface area contributed by atoms with Crippen molar-refractivity contribution in [2.75, 3.05) is 23.3 Å². The molecule has 1 aromatic carbocycles. The van der Waals surface area contributed by atoms with Gasteiger partial charge in [-0.1, -0.05) is 11.3 Å². The summed E-state index contributed by atoms with van der Waals surface area (Å²) in [6, 6.07) is 10.7. The number of fused-ring (bicyclic) bond motifs is 1. The number of hydrogen-bond acceptors (Lipinski definition) is 7. The largest absolute Gasteiger partial charge is 0.393 e. The Bertz CT molecular complexity index is 947. The number of thiazole rings is 1. The first kappa shape index (κ1) is 17.0. The molecule has 0 saturated carbocycles. The molecule has 1 aliphatic rings. The Morgan fingerprint density at radius 3 is 2.65 bits per heavy atom. The molecule has 132 valence electrons. The number of rotatable bonds is 3. The number of carbonyl (C=O) groups is 1. The fourth-order valence-electron chi connectivity index (χ4n) is 2.85. The summed E-state index contributed by atoms with van der Waals surface area (Å²) in [6.45, 7) is 1.63. The van der Waals surface area contributed by atoms with E-state index in [0.29, 0.717) is 16.1 Å². The van der Waals surface area contributed by atoms with Gasteiger partial charge in [0.05, 0.1) is 27.3 Å². The number of nitriles is 1. The van der Waals surface area contributed by atoms with Crippen LogP contribution < -0.4 is 10.2 Å². The molecule has 3 heterocycles. The summed E-state index contributed by atoms with van der Waals surface area (Å²) in [4.78, 5) is 20.8. The predicted molar refractivity (Wildman–Crippen MR) is 104 cm³/mol. The summed E-state index contributed by atoms with van der Waals surface area (Å²) in [5, 5.41) is 22.2. The minimum Gasteiger partial charge on any atom is -0.393 e. The number of nitrogens with one attached hydrogen (secondary N) is 1. The zero-order valence-electron chi connectivity index (χ0n) is 13.8. The van der Waals surface area contributed by atoms with Crippen LogP contribution in [0, 0.1) is 11.3 Å². The van der Waals surface area contributed by atoms with Gasteiger partial charge in [-0.05, 0) is 43.2 Å². The van der Waals surface area contributed by atoms with Crippen molar-refractivity contribution in [3.8, 4) is 6.07 Å². The van der Waals surface area contributed by atoms with Crippen molar-refractivity contribution in [1.82, 2.24) is 4.98 Å². The van der Waals surface area contributed by atoms with Crippen LogP contribution in [-0.2, 0) is 0 Å². The van der Waals surface area contributed by atoms with Gasteiger partial charge in [0.15, 0.2) is 5.13 Å². The van der Waals surface area contributed by atoms with Crippen molar-refractivity contribution in [2.45, 2.75) is 18.9 Å². The Kier molecular flexibility index (Phi) is 4.59. The molecule has 0 atom stereocenters. The lowest BCUT2D eigenvalue weighted by atomic mass is 10.1. The summed E-state index contributed by atoms with van der Waals surface area (Å²) >= 11 is 2.96. The number of thiophene rings is 1. The maximum Gasteiger partial charge on any atom is 0.265 e. The van der Waals surface area contributed by atoms with Crippen LogP contribution in [-0.4, -0.2) is 35.2 Å². The standard InChI is InChI=1S/C18H16N4O2S2/c19-10-11-1-3-12(4-2-11)20-16(24)14-9-15-17(25-14)21-18(26-15)22-7-5-13(23)6-8-22/h1-4,9,13,23H,5-8H2,(H,20,24). The van der Waals surface area contributed by atoms with Crippen molar-refractivity contribution in [3.63, 3.8) is 0 Å². The highest BCUT2D eigenvalue weighted by Crippen LogP contribution is 2.35. The first-order valence-electron chi connectivity index (χ1n) is 8.27.